The second kappa shape index (κ2) is 8.38. The number of hydrogen-bond donors (Lipinski definition) is 1. The molecule has 0 aliphatic carbocycles. The fourth-order valence-electron chi connectivity index (χ4n) is 3.78. The van der Waals surface area contributed by atoms with Crippen molar-refractivity contribution >= 4 is 34.8 Å². The number of benzene rings is 4. The molecule has 29 heavy (non-hydrogen) atoms. The summed E-state index contributed by atoms with van der Waals surface area (Å²) >= 11 is 0. The van der Waals surface area contributed by atoms with Crippen molar-refractivity contribution in [2.45, 2.75) is 13.8 Å². The molecule has 0 bridgehead atoms. The van der Waals surface area contributed by atoms with E-state index in [4.69, 9.17) is 0 Å². The Balaban J connectivity index is 0.000000994. The monoisotopic (exact) mass is 376 g/mol. The smallest absolute Gasteiger partial charge is 0.326 e. The van der Waals surface area contributed by atoms with Crippen LogP contribution in [-0.2, 0) is 0 Å². The van der Waals surface area contributed by atoms with E-state index in [2.05, 4.69) is 83.4 Å². The molecule has 141 valence electrons. The third-order valence-electron chi connectivity index (χ3n) is 5.08. The maximum absolute atomic E-state index is 9.40. The van der Waals surface area contributed by atoms with Crippen molar-refractivity contribution < 1.29 is 5.02 Å². The third-order valence-corrected chi connectivity index (χ3v) is 5.08. The van der Waals surface area contributed by atoms with E-state index >= 15 is 0 Å². The van der Waals surface area contributed by atoms with Crippen LogP contribution in [0, 0.1) is 0 Å². The Kier molecular flexibility index (Phi) is 5.50. The predicted molar refractivity (Wildman–Crippen MR) is 125 cm³/mol. The molecule has 0 atom stereocenters. The molecule has 2 nitrogen and oxygen atoms in total. The largest absolute Gasteiger partial charge is 0.450 e. The van der Waals surface area contributed by atoms with Crippen molar-refractivity contribution in [1.82, 2.24) is 4.57 Å². The predicted octanol–water partition coefficient (Wildman–Crippen LogP) is 5.71. The van der Waals surface area contributed by atoms with Gasteiger partial charge in [-0.3, -0.25) is 0 Å². The molecule has 1 heterocycles. The van der Waals surface area contributed by atoms with E-state index in [1.54, 1.807) is 0 Å². The molecule has 3 heteroatoms. The lowest BCUT2D eigenvalue weighted by Gasteiger charge is -2.09. The van der Waals surface area contributed by atoms with Crippen LogP contribution < -0.4 is 5.46 Å². The van der Waals surface area contributed by atoms with E-state index in [1.165, 1.54) is 16.5 Å². The van der Waals surface area contributed by atoms with Gasteiger partial charge in [0.2, 0.25) is 0 Å². The molecule has 4 aromatic carbocycles. The van der Waals surface area contributed by atoms with Crippen molar-refractivity contribution in [3.8, 4) is 16.8 Å². The van der Waals surface area contributed by atoms with Gasteiger partial charge in [0.05, 0.1) is 11.0 Å². The quantitative estimate of drug-likeness (QED) is 0.401. The highest BCUT2D eigenvalue weighted by Gasteiger charge is 2.12. The van der Waals surface area contributed by atoms with E-state index in [0.29, 0.717) is 0 Å². The molecule has 0 spiro atoms. The van der Waals surface area contributed by atoms with Crippen LogP contribution in [-0.4, -0.2) is 17.1 Å². The topological polar surface area (TPSA) is 25.2 Å². The van der Waals surface area contributed by atoms with E-state index in [0.717, 1.165) is 35.1 Å². The summed E-state index contributed by atoms with van der Waals surface area (Å²) in [4.78, 5) is 0. The minimum Gasteiger partial charge on any atom is -0.450 e. The molecular weight excluding hydrogens is 353 g/mol. The van der Waals surface area contributed by atoms with Crippen LogP contribution >= 0.6 is 0 Å². The van der Waals surface area contributed by atoms with Crippen LogP contribution in [0.1, 0.15) is 13.8 Å². The maximum atomic E-state index is 9.40. The number of fused-ring (bicyclic) bond motifs is 3. The second-order valence-electron chi connectivity index (χ2n) is 6.67. The molecular formula is C26H23BNO. The van der Waals surface area contributed by atoms with Crippen molar-refractivity contribution in [2.24, 2.45) is 0 Å². The molecule has 5 rings (SSSR count). The Morgan fingerprint density at radius 3 is 1.97 bits per heavy atom. The summed E-state index contributed by atoms with van der Waals surface area (Å²) < 4.78 is 2.28. The van der Waals surface area contributed by atoms with E-state index < -0.39 is 0 Å². The van der Waals surface area contributed by atoms with Crippen molar-refractivity contribution in [3.63, 3.8) is 0 Å². The second-order valence-corrected chi connectivity index (χ2v) is 6.67. The minimum absolute atomic E-state index is 0.810. The van der Waals surface area contributed by atoms with Crippen LogP contribution in [0.25, 0.3) is 38.6 Å². The summed E-state index contributed by atoms with van der Waals surface area (Å²) in [5.41, 5.74) is 6.66. The van der Waals surface area contributed by atoms with Gasteiger partial charge in [0.1, 0.15) is 0 Å². The van der Waals surface area contributed by atoms with Gasteiger partial charge < -0.3 is 9.59 Å². The van der Waals surface area contributed by atoms with Gasteiger partial charge in [-0.05, 0) is 35.4 Å². The van der Waals surface area contributed by atoms with Gasteiger partial charge in [0.25, 0.3) is 0 Å². The van der Waals surface area contributed by atoms with Crippen LogP contribution in [0.3, 0.4) is 0 Å². The van der Waals surface area contributed by atoms with Crippen LogP contribution in [0.5, 0.6) is 0 Å². The number of nitrogens with zero attached hydrogens (tertiary/aromatic N) is 1. The molecule has 0 amide bonds. The normalized spacial score (nSPS) is 10.6. The van der Waals surface area contributed by atoms with Crippen LogP contribution in [0.2, 0.25) is 0 Å². The summed E-state index contributed by atoms with van der Waals surface area (Å²) in [5.74, 6) is 0. The third kappa shape index (κ3) is 3.46. The number of para-hydroxylation sites is 1. The first-order valence-corrected chi connectivity index (χ1v) is 10.0. The highest BCUT2D eigenvalue weighted by Crippen LogP contribution is 2.32. The zero-order chi connectivity index (χ0) is 20.2. The molecule has 0 fully saturated rings. The molecule has 5 aromatic rings. The Bertz CT molecular complexity index is 1240. The summed E-state index contributed by atoms with van der Waals surface area (Å²) in [5, 5.41) is 11.7. The fourth-order valence-corrected chi connectivity index (χ4v) is 3.78. The van der Waals surface area contributed by atoms with Crippen LogP contribution in [0.15, 0.2) is 97.1 Å². The average Bonchev–Trinajstić information content (AvgIpc) is 3.15. The van der Waals surface area contributed by atoms with E-state index in [9.17, 15) is 5.02 Å². The van der Waals surface area contributed by atoms with E-state index in [-0.39, 0.29) is 0 Å². The molecule has 0 aliphatic heterocycles. The van der Waals surface area contributed by atoms with Crippen molar-refractivity contribution in [2.75, 3.05) is 0 Å². The van der Waals surface area contributed by atoms with Gasteiger partial charge >= 0.3 is 7.48 Å². The van der Waals surface area contributed by atoms with Gasteiger partial charge in [-0.25, -0.2) is 0 Å². The maximum Gasteiger partial charge on any atom is 0.326 e. The van der Waals surface area contributed by atoms with Gasteiger partial charge in [0, 0.05) is 16.5 Å². The highest BCUT2D eigenvalue weighted by atomic mass is 16.2. The molecule has 0 saturated heterocycles. The first-order chi connectivity index (χ1) is 14.3. The summed E-state index contributed by atoms with van der Waals surface area (Å²) in [6, 6.07) is 33.5. The molecule has 1 radical (unpaired) electrons. The summed E-state index contributed by atoms with van der Waals surface area (Å²) in [6.45, 7) is 4.00. The zero-order valence-corrected chi connectivity index (χ0v) is 16.7. The highest BCUT2D eigenvalue weighted by molar-refractivity contribution is 6.46. The average molecular weight is 376 g/mol. The Labute approximate surface area is 172 Å². The van der Waals surface area contributed by atoms with E-state index in [1.807, 2.05) is 32.0 Å². The Morgan fingerprint density at radius 1 is 0.621 bits per heavy atom. The van der Waals surface area contributed by atoms with Crippen LogP contribution in [0.4, 0.5) is 0 Å². The molecule has 0 aliphatic rings. The van der Waals surface area contributed by atoms with Gasteiger partial charge in [-0.15, -0.1) is 0 Å². The zero-order valence-electron chi connectivity index (χ0n) is 16.7. The van der Waals surface area contributed by atoms with Gasteiger partial charge in [-0.1, -0.05) is 92.1 Å². The molecule has 0 saturated carbocycles. The van der Waals surface area contributed by atoms with Crippen molar-refractivity contribution in [3.05, 3.63) is 97.1 Å². The lowest BCUT2D eigenvalue weighted by molar-refractivity contribution is 0.615. The molecule has 0 unspecified atom stereocenters. The summed E-state index contributed by atoms with van der Waals surface area (Å²) in [6.07, 6.45) is 0. The fraction of sp³-hybridized carbons (Fsp3) is 0.0769. The first-order valence-electron chi connectivity index (χ1n) is 10.0. The standard InChI is InChI=1S/C24H17BNO.C2H6/c27-25-19-12-15-24-22(16-19)21-8-4-5-9-23(21)26(24)20-13-10-18(11-14-20)17-6-2-1-3-7-17;1-2/h1-16,27H;1-2H3. The minimum atomic E-state index is 0.810. The lowest BCUT2D eigenvalue weighted by Crippen LogP contribution is -2.12. The van der Waals surface area contributed by atoms with Gasteiger partial charge in [-0.2, -0.15) is 0 Å². The molecule has 1 aromatic heterocycles. The molecule has 1 N–H and O–H groups in total. The number of hydrogen-bond acceptors (Lipinski definition) is 1. The number of aromatic nitrogens is 1. The SMILES string of the molecule is CC.O[B]c1ccc2c(c1)c1ccccc1n2-c1ccc(-c2ccccc2)cc1. The Morgan fingerprint density at radius 2 is 1.24 bits per heavy atom. The Hall–Kier alpha value is -3.30. The lowest BCUT2D eigenvalue weighted by atomic mass is 9.88. The first kappa shape index (κ1) is 19.0. The van der Waals surface area contributed by atoms with Gasteiger partial charge in [0.15, 0.2) is 0 Å². The summed E-state index contributed by atoms with van der Waals surface area (Å²) in [7, 11) is 1.15. The van der Waals surface area contributed by atoms with Crippen molar-refractivity contribution in [1.29, 1.82) is 0 Å². The number of rotatable bonds is 3.